The highest BCUT2D eigenvalue weighted by atomic mass is 32.1. The van der Waals surface area contributed by atoms with Crippen LogP contribution in [-0.2, 0) is 11.3 Å². The van der Waals surface area contributed by atoms with Crippen molar-refractivity contribution in [1.29, 1.82) is 0 Å². The van der Waals surface area contributed by atoms with E-state index < -0.39 is 0 Å². The minimum atomic E-state index is -0.318. The highest BCUT2D eigenvalue weighted by Gasteiger charge is 2.15. The molecule has 146 valence electrons. The first kappa shape index (κ1) is 18.8. The summed E-state index contributed by atoms with van der Waals surface area (Å²) in [5, 5.41) is 2.76. The van der Waals surface area contributed by atoms with Crippen LogP contribution in [0, 0.1) is 6.92 Å². The van der Waals surface area contributed by atoms with Crippen LogP contribution in [0.15, 0.2) is 59.7 Å². The SMILES string of the molecule is COc1ccc(NC(=O)Cn2cnc3c(-c4ccc(C)cc4)nsc3c2=O)cc1. The summed E-state index contributed by atoms with van der Waals surface area (Å²) in [6.07, 6.45) is 1.39. The number of rotatable bonds is 5. The van der Waals surface area contributed by atoms with Crippen molar-refractivity contribution in [1.82, 2.24) is 13.9 Å². The minimum Gasteiger partial charge on any atom is -0.497 e. The monoisotopic (exact) mass is 406 g/mol. The largest absolute Gasteiger partial charge is 0.497 e. The molecule has 8 heteroatoms. The van der Waals surface area contributed by atoms with Crippen molar-refractivity contribution in [3.8, 4) is 17.0 Å². The number of amides is 1. The maximum Gasteiger partial charge on any atom is 0.273 e. The van der Waals surface area contributed by atoms with Gasteiger partial charge >= 0.3 is 0 Å². The summed E-state index contributed by atoms with van der Waals surface area (Å²) in [6.45, 7) is 1.88. The molecule has 1 amide bonds. The van der Waals surface area contributed by atoms with E-state index in [-0.39, 0.29) is 18.0 Å². The zero-order valence-electron chi connectivity index (χ0n) is 15.9. The van der Waals surface area contributed by atoms with Gasteiger partial charge in [-0.2, -0.15) is 4.37 Å². The average molecular weight is 406 g/mol. The number of benzene rings is 2. The first-order valence-electron chi connectivity index (χ1n) is 8.91. The van der Waals surface area contributed by atoms with Gasteiger partial charge in [0.05, 0.1) is 13.4 Å². The molecule has 0 atom stereocenters. The molecule has 0 aliphatic carbocycles. The van der Waals surface area contributed by atoms with E-state index in [0.29, 0.717) is 27.3 Å². The molecule has 0 unspecified atom stereocenters. The number of methoxy groups -OCH3 is 1. The number of carbonyl (C=O) groups excluding carboxylic acids is 1. The third-order valence-electron chi connectivity index (χ3n) is 4.46. The number of nitrogens with one attached hydrogen (secondary N) is 1. The van der Waals surface area contributed by atoms with Crippen LogP contribution in [0.25, 0.3) is 21.5 Å². The van der Waals surface area contributed by atoms with Gasteiger partial charge in [-0.15, -0.1) is 0 Å². The van der Waals surface area contributed by atoms with Crippen molar-refractivity contribution in [3.63, 3.8) is 0 Å². The molecule has 0 bridgehead atoms. The number of hydrogen-bond donors (Lipinski definition) is 1. The Kier molecular flexibility index (Phi) is 5.09. The molecule has 0 saturated carbocycles. The van der Waals surface area contributed by atoms with Crippen LogP contribution in [0.4, 0.5) is 5.69 Å². The molecule has 2 heterocycles. The Hall–Kier alpha value is -3.52. The zero-order valence-corrected chi connectivity index (χ0v) is 16.7. The van der Waals surface area contributed by atoms with Gasteiger partial charge in [-0.1, -0.05) is 29.8 Å². The fraction of sp³-hybridized carbons (Fsp3) is 0.143. The predicted molar refractivity (Wildman–Crippen MR) is 113 cm³/mol. The number of aromatic nitrogens is 3. The quantitative estimate of drug-likeness (QED) is 0.548. The Bertz CT molecular complexity index is 1230. The van der Waals surface area contributed by atoms with Crippen molar-refractivity contribution in [2.75, 3.05) is 12.4 Å². The summed E-state index contributed by atoms with van der Waals surface area (Å²) in [6, 6.07) is 14.9. The zero-order chi connectivity index (χ0) is 20.4. The van der Waals surface area contributed by atoms with E-state index in [9.17, 15) is 9.59 Å². The fourth-order valence-corrected chi connectivity index (χ4v) is 3.70. The van der Waals surface area contributed by atoms with Crippen LogP contribution in [0.1, 0.15) is 5.56 Å². The van der Waals surface area contributed by atoms with E-state index in [1.54, 1.807) is 31.4 Å². The van der Waals surface area contributed by atoms with Gasteiger partial charge in [0.15, 0.2) is 0 Å². The van der Waals surface area contributed by atoms with Crippen LogP contribution >= 0.6 is 11.5 Å². The topological polar surface area (TPSA) is 86.1 Å². The molecule has 4 rings (SSSR count). The van der Waals surface area contributed by atoms with Crippen LogP contribution in [0.3, 0.4) is 0 Å². The molecule has 1 N–H and O–H groups in total. The first-order valence-corrected chi connectivity index (χ1v) is 9.68. The normalized spacial score (nSPS) is 10.8. The Balaban J connectivity index is 1.56. The molecule has 0 aliphatic rings. The van der Waals surface area contributed by atoms with Crippen molar-refractivity contribution in [2.45, 2.75) is 13.5 Å². The van der Waals surface area contributed by atoms with Gasteiger partial charge in [0, 0.05) is 11.3 Å². The molecule has 0 radical (unpaired) electrons. The third-order valence-corrected chi connectivity index (χ3v) is 5.29. The van der Waals surface area contributed by atoms with Crippen LogP contribution in [0.5, 0.6) is 5.75 Å². The fourth-order valence-electron chi connectivity index (χ4n) is 2.90. The highest BCUT2D eigenvalue weighted by Crippen LogP contribution is 2.27. The highest BCUT2D eigenvalue weighted by molar-refractivity contribution is 7.13. The van der Waals surface area contributed by atoms with Gasteiger partial charge in [-0.25, -0.2) is 4.98 Å². The molecule has 0 saturated heterocycles. The number of anilines is 1. The Morgan fingerprint density at radius 1 is 1.14 bits per heavy atom. The number of nitrogens with zero attached hydrogens (tertiary/aromatic N) is 3. The lowest BCUT2D eigenvalue weighted by Gasteiger charge is -2.08. The summed E-state index contributed by atoms with van der Waals surface area (Å²) in [5.74, 6) is 0.380. The summed E-state index contributed by atoms with van der Waals surface area (Å²) in [5.41, 5.74) is 3.62. The second kappa shape index (κ2) is 7.84. The van der Waals surface area contributed by atoms with E-state index in [4.69, 9.17) is 4.74 Å². The Morgan fingerprint density at radius 3 is 2.55 bits per heavy atom. The van der Waals surface area contributed by atoms with Crippen molar-refractivity contribution < 1.29 is 9.53 Å². The molecular formula is C21H18N4O3S. The standard InChI is InChI=1S/C21H18N4O3S/c1-13-3-5-14(6-4-13)18-19-20(29-24-18)21(27)25(12-22-19)11-17(26)23-15-7-9-16(28-2)10-8-15/h3-10,12H,11H2,1-2H3,(H,23,26). The minimum absolute atomic E-state index is 0.133. The molecule has 2 aromatic carbocycles. The number of carbonyl (C=O) groups is 1. The van der Waals surface area contributed by atoms with E-state index in [1.807, 2.05) is 31.2 Å². The van der Waals surface area contributed by atoms with Crippen LogP contribution < -0.4 is 15.6 Å². The summed E-state index contributed by atoms with van der Waals surface area (Å²) < 4.78 is 11.2. The average Bonchev–Trinajstić information content (AvgIpc) is 3.16. The van der Waals surface area contributed by atoms with Crippen LogP contribution in [0.2, 0.25) is 0 Å². The number of hydrogen-bond acceptors (Lipinski definition) is 6. The molecule has 0 spiro atoms. The number of ether oxygens (including phenoxy) is 1. The van der Waals surface area contributed by atoms with Crippen LogP contribution in [-0.4, -0.2) is 26.9 Å². The van der Waals surface area contributed by atoms with Gasteiger partial charge in [0.25, 0.3) is 5.56 Å². The summed E-state index contributed by atoms with van der Waals surface area (Å²) >= 11 is 1.10. The second-order valence-electron chi connectivity index (χ2n) is 6.53. The lowest BCUT2D eigenvalue weighted by atomic mass is 10.1. The number of aryl methyl sites for hydroxylation is 1. The maximum atomic E-state index is 12.8. The van der Waals surface area contributed by atoms with E-state index >= 15 is 0 Å². The lowest BCUT2D eigenvalue weighted by Crippen LogP contribution is -2.27. The first-order chi connectivity index (χ1) is 14.0. The molecule has 29 heavy (non-hydrogen) atoms. The van der Waals surface area contributed by atoms with Gasteiger partial charge in [-0.05, 0) is 42.7 Å². The third kappa shape index (κ3) is 3.88. The van der Waals surface area contributed by atoms with Crippen molar-refractivity contribution in [3.05, 3.63) is 70.8 Å². The Labute approximate surface area is 170 Å². The van der Waals surface area contributed by atoms with E-state index in [0.717, 1.165) is 22.7 Å². The van der Waals surface area contributed by atoms with E-state index in [1.165, 1.54) is 10.9 Å². The molecule has 7 nitrogen and oxygen atoms in total. The van der Waals surface area contributed by atoms with E-state index in [2.05, 4.69) is 14.7 Å². The summed E-state index contributed by atoms with van der Waals surface area (Å²) in [4.78, 5) is 29.5. The lowest BCUT2D eigenvalue weighted by molar-refractivity contribution is -0.116. The molecule has 0 aliphatic heterocycles. The van der Waals surface area contributed by atoms with Crippen molar-refractivity contribution >= 4 is 33.3 Å². The number of fused-ring (bicyclic) bond motifs is 1. The van der Waals surface area contributed by atoms with Gasteiger partial charge in [0.1, 0.15) is 28.2 Å². The van der Waals surface area contributed by atoms with Gasteiger partial charge in [-0.3, -0.25) is 14.2 Å². The molecule has 2 aromatic heterocycles. The smallest absolute Gasteiger partial charge is 0.273 e. The van der Waals surface area contributed by atoms with Gasteiger partial charge in [0.2, 0.25) is 5.91 Å². The second-order valence-corrected chi connectivity index (χ2v) is 7.30. The van der Waals surface area contributed by atoms with Crippen molar-refractivity contribution in [2.24, 2.45) is 0 Å². The maximum absolute atomic E-state index is 12.8. The Morgan fingerprint density at radius 2 is 1.86 bits per heavy atom. The molecular weight excluding hydrogens is 388 g/mol. The molecule has 0 fully saturated rings. The predicted octanol–water partition coefficient (Wildman–Crippen LogP) is 3.48. The van der Waals surface area contributed by atoms with Gasteiger partial charge < -0.3 is 10.1 Å². The molecule has 4 aromatic rings. The summed E-state index contributed by atoms with van der Waals surface area (Å²) in [7, 11) is 1.58.